The van der Waals surface area contributed by atoms with Crippen molar-refractivity contribution in [1.82, 2.24) is 10.2 Å². The maximum absolute atomic E-state index is 4.63. The van der Waals surface area contributed by atoms with Gasteiger partial charge in [-0.2, -0.15) is 0 Å². The molecule has 0 aromatic rings. The average molecular weight is 243 g/mol. The summed E-state index contributed by atoms with van der Waals surface area (Å²) in [5, 5.41) is 4.66. The van der Waals surface area contributed by atoms with Crippen LogP contribution < -0.4 is 5.32 Å². The van der Waals surface area contributed by atoms with Gasteiger partial charge in [0.05, 0.1) is 6.04 Å². The van der Waals surface area contributed by atoms with E-state index in [1.807, 2.05) is 11.8 Å². The number of amidine groups is 1. The molecular weight excluding hydrogens is 218 g/mol. The number of rotatable bonds is 5. The number of hydrogen-bond donors (Lipinski definition) is 1. The zero-order valence-corrected chi connectivity index (χ0v) is 11.8. The van der Waals surface area contributed by atoms with Crippen molar-refractivity contribution in [2.45, 2.75) is 46.2 Å². The van der Waals surface area contributed by atoms with Gasteiger partial charge in [0.1, 0.15) is 0 Å². The molecule has 1 aliphatic heterocycles. The second kappa shape index (κ2) is 7.17. The monoisotopic (exact) mass is 243 g/mol. The molecule has 0 spiro atoms. The van der Waals surface area contributed by atoms with Crippen LogP contribution in [0.15, 0.2) is 4.99 Å². The van der Waals surface area contributed by atoms with Crippen molar-refractivity contribution < 1.29 is 0 Å². The van der Waals surface area contributed by atoms with E-state index >= 15 is 0 Å². The zero-order chi connectivity index (χ0) is 12.0. The van der Waals surface area contributed by atoms with E-state index in [4.69, 9.17) is 0 Å². The molecule has 94 valence electrons. The second-order valence-corrected chi connectivity index (χ2v) is 5.54. The summed E-state index contributed by atoms with van der Waals surface area (Å²) in [7, 11) is 0. The molecule has 0 radical (unpaired) electrons. The molecule has 0 saturated heterocycles. The van der Waals surface area contributed by atoms with Gasteiger partial charge >= 0.3 is 0 Å². The molecule has 0 aromatic carbocycles. The molecule has 0 amide bonds. The van der Waals surface area contributed by atoms with Gasteiger partial charge in [-0.05, 0) is 33.4 Å². The number of thioether (sulfide) groups is 1. The third-order valence-corrected chi connectivity index (χ3v) is 3.84. The summed E-state index contributed by atoms with van der Waals surface area (Å²) in [6.07, 6.45) is 1.21. The molecular formula is C12H25N3S. The molecule has 16 heavy (non-hydrogen) atoms. The van der Waals surface area contributed by atoms with E-state index in [1.165, 1.54) is 12.2 Å². The molecule has 2 atom stereocenters. The fourth-order valence-corrected chi connectivity index (χ4v) is 3.02. The topological polar surface area (TPSA) is 27.6 Å². The van der Waals surface area contributed by atoms with Crippen molar-refractivity contribution in [2.24, 2.45) is 4.99 Å². The molecule has 0 fully saturated rings. The Morgan fingerprint density at radius 3 is 2.75 bits per heavy atom. The van der Waals surface area contributed by atoms with E-state index in [9.17, 15) is 0 Å². The number of hydrogen-bond acceptors (Lipinski definition) is 4. The van der Waals surface area contributed by atoms with Gasteiger partial charge in [0, 0.05) is 18.3 Å². The molecule has 3 nitrogen and oxygen atoms in total. The lowest BCUT2D eigenvalue weighted by atomic mass is 10.3. The highest BCUT2D eigenvalue weighted by Crippen LogP contribution is 2.16. The van der Waals surface area contributed by atoms with E-state index < -0.39 is 0 Å². The number of nitrogens with zero attached hydrogens (tertiary/aromatic N) is 2. The largest absolute Gasteiger partial charge is 0.361 e. The number of nitrogens with one attached hydrogen (secondary N) is 1. The van der Waals surface area contributed by atoms with Crippen molar-refractivity contribution in [3.05, 3.63) is 0 Å². The van der Waals surface area contributed by atoms with Gasteiger partial charge < -0.3 is 10.2 Å². The van der Waals surface area contributed by atoms with Gasteiger partial charge in [-0.25, -0.2) is 0 Å². The van der Waals surface area contributed by atoms with Gasteiger partial charge in [-0.3, -0.25) is 4.99 Å². The van der Waals surface area contributed by atoms with Crippen LogP contribution in [0.4, 0.5) is 0 Å². The van der Waals surface area contributed by atoms with Crippen LogP contribution in [0.2, 0.25) is 0 Å². The second-order valence-electron chi connectivity index (χ2n) is 4.45. The molecule has 0 bridgehead atoms. The highest BCUT2D eigenvalue weighted by Gasteiger charge is 2.14. The molecule has 1 aliphatic rings. The molecule has 2 unspecified atom stereocenters. The minimum atomic E-state index is 0.483. The lowest BCUT2D eigenvalue weighted by molar-refractivity contribution is 0.282. The highest BCUT2D eigenvalue weighted by molar-refractivity contribution is 8.13. The Balaban J connectivity index is 2.35. The van der Waals surface area contributed by atoms with Crippen LogP contribution in [0.25, 0.3) is 0 Å². The first kappa shape index (κ1) is 13.8. The summed E-state index contributed by atoms with van der Waals surface area (Å²) in [5.41, 5.74) is 0. The maximum atomic E-state index is 4.63. The first-order valence-corrected chi connectivity index (χ1v) is 7.33. The quantitative estimate of drug-likeness (QED) is 0.802. The highest BCUT2D eigenvalue weighted by atomic mass is 32.2. The van der Waals surface area contributed by atoms with Crippen LogP contribution in [0.1, 0.15) is 34.1 Å². The van der Waals surface area contributed by atoms with Gasteiger partial charge in [0.25, 0.3) is 0 Å². The Morgan fingerprint density at radius 1 is 1.50 bits per heavy atom. The summed E-state index contributed by atoms with van der Waals surface area (Å²) >= 11 is 1.86. The first-order chi connectivity index (χ1) is 7.65. The predicted octanol–water partition coefficient (Wildman–Crippen LogP) is 2.19. The standard InChI is InChI=1S/C12H25N3S/c1-5-15(6-2)9-11(4)14-12-13-10(3)7-8-16-12/h10-11H,5-9H2,1-4H3,(H,13,14). The summed E-state index contributed by atoms with van der Waals surface area (Å²) in [6.45, 7) is 12.2. The van der Waals surface area contributed by atoms with Crippen molar-refractivity contribution in [3.8, 4) is 0 Å². The third kappa shape index (κ3) is 4.74. The smallest absolute Gasteiger partial charge is 0.157 e. The minimum absolute atomic E-state index is 0.483. The van der Waals surface area contributed by atoms with E-state index in [2.05, 4.69) is 42.9 Å². The maximum Gasteiger partial charge on any atom is 0.157 e. The molecule has 0 aliphatic carbocycles. The fourth-order valence-electron chi connectivity index (χ4n) is 1.83. The van der Waals surface area contributed by atoms with Gasteiger partial charge in [0.2, 0.25) is 0 Å². The third-order valence-electron chi connectivity index (χ3n) is 2.91. The van der Waals surface area contributed by atoms with Crippen LogP contribution in [-0.2, 0) is 0 Å². The Kier molecular flexibility index (Phi) is 6.21. The van der Waals surface area contributed by atoms with E-state index in [0.717, 1.165) is 24.8 Å². The van der Waals surface area contributed by atoms with Crippen molar-refractivity contribution in [2.75, 3.05) is 25.4 Å². The minimum Gasteiger partial charge on any atom is -0.361 e. The fraction of sp³-hybridized carbons (Fsp3) is 0.917. The van der Waals surface area contributed by atoms with Gasteiger partial charge in [-0.1, -0.05) is 25.6 Å². The lowest BCUT2D eigenvalue weighted by Crippen LogP contribution is -2.42. The van der Waals surface area contributed by atoms with Crippen LogP contribution in [0.3, 0.4) is 0 Å². The van der Waals surface area contributed by atoms with Crippen LogP contribution in [-0.4, -0.2) is 47.5 Å². The van der Waals surface area contributed by atoms with Crippen LogP contribution in [0.5, 0.6) is 0 Å². The van der Waals surface area contributed by atoms with Crippen LogP contribution in [0, 0.1) is 0 Å². The van der Waals surface area contributed by atoms with E-state index in [-0.39, 0.29) is 0 Å². The zero-order valence-electron chi connectivity index (χ0n) is 11.0. The SMILES string of the molecule is CCN(CC)CC(C)NC1=NC(C)CCS1. The first-order valence-electron chi connectivity index (χ1n) is 6.35. The summed E-state index contributed by atoms with van der Waals surface area (Å²) in [4.78, 5) is 7.07. The van der Waals surface area contributed by atoms with Gasteiger partial charge in [-0.15, -0.1) is 0 Å². The van der Waals surface area contributed by atoms with Crippen LogP contribution >= 0.6 is 11.8 Å². The Morgan fingerprint density at radius 2 is 2.19 bits per heavy atom. The molecule has 1 rings (SSSR count). The lowest BCUT2D eigenvalue weighted by Gasteiger charge is -2.26. The van der Waals surface area contributed by atoms with Crippen molar-refractivity contribution in [3.63, 3.8) is 0 Å². The summed E-state index contributed by atoms with van der Waals surface area (Å²) in [5.74, 6) is 1.20. The molecule has 4 heteroatoms. The molecule has 1 N–H and O–H groups in total. The van der Waals surface area contributed by atoms with Gasteiger partial charge in [0.15, 0.2) is 5.17 Å². The Bertz CT molecular complexity index is 226. The predicted molar refractivity (Wildman–Crippen MR) is 74.4 cm³/mol. The normalized spacial score (nSPS) is 23.1. The Hall–Kier alpha value is -0.220. The number of likely N-dealkylation sites (N-methyl/N-ethyl adjacent to an activating group) is 1. The van der Waals surface area contributed by atoms with Crippen molar-refractivity contribution in [1.29, 1.82) is 0 Å². The molecule has 1 heterocycles. The molecule has 0 aromatic heterocycles. The Labute approximate surface area is 104 Å². The molecule has 0 saturated carbocycles. The summed E-state index contributed by atoms with van der Waals surface area (Å²) < 4.78 is 0. The van der Waals surface area contributed by atoms with E-state index in [0.29, 0.717) is 12.1 Å². The van der Waals surface area contributed by atoms with Crippen molar-refractivity contribution >= 4 is 16.9 Å². The summed E-state index contributed by atoms with van der Waals surface area (Å²) in [6, 6.07) is 0.973. The van der Waals surface area contributed by atoms with E-state index in [1.54, 1.807) is 0 Å². The average Bonchev–Trinajstić information content (AvgIpc) is 2.26. The number of aliphatic imine (C=N–C) groups is 1.